The van der Waals surface area contributed by atoms with Crippen LogP contribution in [0.5, 0.6) is 17.2 Å². The van der Waals surface area contributed by atoms with Crippen LogP contribution in [0.4, 0.5) is 5.69 Å². The molecule has 1 amide bonds. The summed E-state index contributed by atoms with van der Waals surface area (Å²) in [7, 11) is 3.05. The molecule has 3 aromatic carbocycles. The van der Waals surface area contributed by atoms with E-state index >= 15 is 0 Å². The minimum Gasteiger partial charge on any atom is -0.503 e. The van der Waals surface area contributed by atoms with Crippen molar-refractivity contribution in [2.75, 3.05) is 25.7 Å². The molecule has 0 bridgehead atoms. The smallest absolute Gasteiger partial charge is 0.294 e. The van der Waals surface area contributed by atoms with Crippen LogP contribution < -0.4 is 19.1 Å². The molecule has 8 heteroatoms. The second-order valence-electron chi connectivity index (χ2n) is 9.22. The fraction of sp³-hybridized carbons (Fsp3) is 0.226. The molecule has 5 rings (SSSR count). The number of fused-ring (bicyclic) bond motifs is 1. The monoisotopic (exact) mass is 527 g/mol. The Labute approximate surface area is 226 Å². The van der Waals surface area contributed by atoms with Gasteiger partial charge in [-0.3, -0.25) is 14.5 Å². The van der Waals surface area contributed by atoms with Crippen LogP contribution in [0.15, 0.2) is 76.4 Å². The lowest BCUT2D eigenvalue weighted by Gasteiger charge is -2.29. The molecule has 0 aliphatic carbocycles. The zero-order chi connectivity index (χ0) is 27.8. The Balaban J connectivity index is 1.71. The van der Waals surface area contributed by atoms with E-state index in [2.05, 4.69) is 0 Å². The maximum atomic E-state index is 14.0. The van der Waals surface area contributed by atoms with Crippen LogP contribution in [0.1, 0.15) is 40.2 Å². The van der Waals surface area contributed by atoms with Gasteiger partial charge in [-0.15, -0.1) is 0 Å². The summed E-state index contributed by atoms with van der Waals surface area (Å²) in [5.41, 5.74) is 3.27. The van der Waals surface area contributed by atoms with Gasteiger partial charge in [-0.1, -0.05) is 30.3 Å². The van der Waals surface area contributed by atoms with E-state index in [4.69, 9.17) is 18.6 Å². The van der Waals surface area contributed by atoms with E-state index in [0.717, 1.165) is 11.1 Å². The molecule has 39 heavy (non-hydrogen) atoms. The van der Waals surface area contributed by atoms with Gasteiger partial charge in [-0.2, -0.15) is 0 Å². The molecule has 0 fully saturated rings. The summed E-state index contributed by atoms with van der Waals surface area (Å²) in [5.74, 6) is -0.504. The van der Waals surface area contributed by atoms with Gasteiger partial charge in [0.1, 0.15) is 0 Å². The average molecular weight is 528 g/mol. The highest BCUT2D eigenvalue weighted by molar-refractivity contribution is 6.21. The zero-order valence-corrected chi connectivity index (χ0v) is 22.4. The van der Waals surface area contributed by atoms with Gasteiger partial charge in [0.15, 0.2) is 34.4 Å². The molecule has 1 unspecified atom stereocenters. The summed E-state index contributed by atoms with van der Waals surface area (Å²) in [4.78, 5) is 29.1. The minimum atomic E-state index is -0.953. The van der Waals surface area contributed by atoms with E-state index in [0.29, 0.717) is 46.1 Å². The topological polar surface area (TPSA) is 98.4 Å². The maximum Gasteiger partial charge on any atom is 0.294 e. The number of aryl methyl sites for hydroxylation is 1. The van der Waals surface area contributed by atoms with Crippen molar-refractivity contribution < 1.29 is 33.3 Å². The third kappa shape index (κ3) is 4.27. The highest BCUT2D eigenvalue weighted by Crippen LogP contribution is 2.45. The number of anilines is 1. The highest BCUT2D eigenvalue weighted by atomic mass is 16.5. The van der Waals surface area contributed by atoms with Crippen molar-refractivity contribution in [1.82, 2.24) is 0 Å². The molecule has 8 nitrogen and oxygen atoms in total. The molecule has 0 radical (unpaired) electrons. The number of hydrogen-bond acceptors (Lipinski definition) is 7. The molecule has 0 saturated carbocycles. The Morgan fingerprint density at radius 1 is 0.974 bits per heavy atom. The number of amides is 1. The minimum absolute atomic E-state index is 0.0183. The highest BCUT2D eigenvalue weighted by Gasteiger charge is 2.46. The second kappa shape index (κ2) is 10.2. The predicted molar refractivity (Wildman–Crippen MR) is 147 cm³/mol. The van der Waals surface area contributed by atoms with Crippen LogP contribution in [0.3, 0.4) is 0 Å². The summed E-state index contributed by atoms with van der Waals surface area (Å²) < 4.78 is 22.5. The third-order valence-corrected chi connectivity index (χ3v) is 7.04. The van der Waals surface area contributed by atoms with E-state index in [1.165, 1.54) is 19.1 Å². The van der Waals surface area contributed by atoms with Crippen LogP contribution in [0.2, 0.25) is 0 Å². The first kappa shape index (κ1) is 25.9. The number of ether oxygens (including phenoxy) is 3. The van der Waals surface area contributed by atoms with Gasteiger partial charge in [0.2, 0.25) is 5.78 Å². The van der Waals surface area contributed by atoms with Crippen LogP contribution >= 0.6 is 0 Å². The number of rotatable bonds is 8. The SMILES string of the molecule is CCOc1cc(C2C(C(=O)c3cc4cccc(OC)c4o3)=C(O)C(=O)N2c2cccc(C)c2C)ccc1OC. The fourth-order valence-electron chi connectivity index (χ4n) is 4.97. The normalized spacial score (nSPS) is 15.3. The number of carbonyl (C=O) groups is 2. The van der Waals surface area contributed by atoms with Crippen LogP contribution in [0, 0.1) is 13.8 Å². The average Bonchev–Trinajstić information content (AvgIpc) is 3.49. The van der Waals surface area contributed by atoms with Crippen molar-refractivity contribution in [1.29, 1.82) is 0 Å². The second-order valence-corrected chi connectivity index (χ2v) is 9.22. The van der Waals surface area contributed by atoms with Gasteiger partial charge < -0.3 is 23.7 Å². The van der Waals surface area contributed by atoms with E-state index in [1.54, 1.807) is 48.5 Å². The van der Waals surface area contributed by atoms with Gasteiger partial charge in [-0.05, 0) is 67.8 Å². The lowest BCUT2D eigenvalue weighted by Crippen LogP contribution is -2.31. The van der Waals surface area contributed by atoms with Crippen molar-refractivity contribution in [2.24, 2.45) is 0 Å². The zero-order valence-electron chi connectivity index (χ0n) is 22.4. The Morgan fingerprint density at radius 3 is 2.44 bits per heavy atom. The third-order valence-electron chi connectivity index (χ3n) is 7.04. The van der Waals surface area contributed by atoms with Gasteiger partial charge in [0.25, 0.3) is 5.91 Å². The molecule has 4 aromatic rings. The molecule has 1 aromatic heterocycles. The number of methoxy groups -OCH3 is 2. The van der Waals surface area contributed by atoms with Crippen LogP contribution in [-0.2, 0) is 4.79 Å². The van der Waals surface area contributed by atoms with E-state index in [9.17, 15) is 14.7 Å². The molecule has 2 heterocycles. The van der Waals surface area contributed by atoms with E-state index < -0.39 is 23.5 Å². The lowest BCUT2D eigenvalue weighted by atomic mass is 9.94. The fourth-order valence-corrected chi connectivity index (χ4v) is 4.97. The number of aliphatic hydroxyl groups excluding tert-OH is 1. The Bertz CT molecular complexity index is 1630. The molecule has 0 saturated heterocycles. The molecular weight excluding hydrogens is 498 g/mol. The van der Waals surface area contributed by atoms with E-state index in [-0.39, 0.29) is 11.3 Å². The number of Topliss-reactive ketones (excluding diaryl/α,β-unsaturated/α-hetero) is 1. The number of nitrogens with zero attached hydrogens (tertiary/aromatic N) is 1. The first-order valence-corrected chi connectivity index (χ1v) is 12.6. The number of furan rings is 1. The molecule has 1 aliphatic rings. The number of ketones is 1. The first-order chi connectivity index (χ1) is 18.8. The predicted octanol–water partition coefficient (Wildman–Crippen LogP) is 6.25. The Hall–Kier alpha value is -4.72. The van der Waals surface area contributed by atoms with E-state index in [1.807, 2.05) is 32.9 Å². The number of hydrogen-bond donors (Lipinski definition) is 1. The van der Waals surface area contributed by atoms with Crippen molar-refractivity contribution in [2.45, 2.75) is 26.8 Å². The number of carbonyl (C=O) groups excluding carboxylic acids is 2. The van der Waals surface area contributed by atoms with Crippen molar-refractivity contribution in [3.8, 4) is 17.2 Å². The Kier molecular flexibility index (Phi) is 6.78. The number of aliphatic hydroxyl groups is 1. The molecule has 1 N–H and O–H groups in total. The molecule has 0 spiro atoms. The molecule has 200 valence electrons. The molecule has 1 aliphatic heterocycles. The summed E-state index contributed by atoms with van der Waals surface area (Å²) in [6, 6.07) is 16.7. The van der Waals surface area contributed by atoms with Gasteiger partial charge in [0.05, 0.1) is 32.4 Å². The molecule has 1 atom stereocenters. The van der Waals surface area contributed by atoms with Gasteiger partial charge in [-0.25, -0.2) is 0 Å². The largest absolute Gasteiger partial charge is 0.503 e. The number of para-hydroxylation sites is 1. The number of benzene rings is 3. The van der Waals surface area contributed by atoms with Gasteiger partial charge in [0, 0.05) is 11.1 Å². The lowest BCUT2D eigenvalue weighted by molar-refractivity contribution is -0.117. The maximum absolute atomic E-state index is 14.0. The van der Waals surface area contributed by atoms with Crippen molar-refractivity contribution >= 4 is 28.3 Å². The summed E-state index contributed by atoms with van der Waals surface area (Å²) >= 11 is 0. The van der Waals surface area contributed by atoms with Crippen LogP contribution in [-0.4, -0.2) is 37.6 Å². The standard InChI is InChI=1S/C31H29NO7/c1-6-38-24-15-19(13-14-22(24)36-4)27-26(28(33)25-16-20-10-8-12-23(37-5)30(20)39-25)29(34)31(35)32(27)21-11-7-9-17(2)18(21)3/h7-16,27,34H,6H2,1-5H3. The quantitative estimate of drug-likeness (QED) is 0.271. The van der Waals surface area contributed by atoms with Gasteiger partial charge >= 0.3 is 0 Å². The first-order valence-electron chi connectivity index (χ1n) is 12.6. The summed E-state index contributed by atoms with van der Waals surface area (Å²) in [6.45, 7) is 6.08. The Morgan fingerprint density at radius 2 is 1.72 bits per heavy atom. The summed E-state index contributed by atoms with van der Waals surface area (Å²) in [5, 5.41) is 11.9. The van der Waals surface area contributed by atoms with Crippen molar-refractivity contribution in [3.63, 3.8) is 0 Å². The van der Waals surface area contributed by atoms with Crippen molar-refractivity contribution in [3.05, 3.63) is 94.4 Å². The van der Waals surface area contributed by atoms with Crippen LogP contribution in [0.25, 0.3) is 11.0 Å². The summed E-state index contributed by atoms with van der Waals surface area (Å²) in [6.07, 6.45) is 0. The molecular formula is C31H29NO7.